The minimum Gasteiger partial charge on any atom is -0.461 e. The summed E-state index contributed by atoms with van der Waals surface area (Å²) in [4.78, 5) is 24.8. The molecule has 2 bridgehead atoms. The third kappa shape index (κ3) is 2.02. The number of carbonyl (C=O) groups excluding carboxylic acids is 2. The van der Waals surface area contributed by atoms with E-state index < -0.39 is 0 Å². The van der Waals surface area contributed by atoms with Crippen LogP contribution in [0.4, 0.5) is 5.69 Å². The lowest BCUT2D eigenvalue weighted by atomic mass is 9.79. The number of alkyl halides is 1. The normalized spacial score (nSPS) is 38.2. The zero-order chi connectivity index (χ0) is 15.6. The number of rotatable bonds is 2. The monoisotopic (exact) mass is 403 g/mol. The van der Waals surface area contributed by atoms with Gasteiger partial charge in [0.15, 0.2) is 0 Å². The van der Waals surface area contributed by atoms with Crippen LogP contribution in [0.15, 0.2) is 18.2 Å². The molecule has 1 aromatic carbocycles. The van der Waals surface area contributed by atoms with E-state index in [0.29, 0.717) is 15.7 Å². The molecule has 1 aromatic rings. The first kappa shape index (κ1) is 14.8. The van der Waals surface area contributed by atoms with Crippen molar-refractivity contribution in [1.29, 1.82) is 0 Å². The maximum Gasteiger partial charge on any atom is 0.310 e. The number of hydrogen-bond acceptors (Lipinski definition) is 3. The Labute approximate surface area is 145 Å². The number of carbonyl (C=O) groups is 2. The second-order valence-electron chi connectivity index (χ2n) is 6.08. The highest BCUT2D eigenvalue weighted by Gasteiger charge is 2.67. The second-order valence-corrected chi connectivity index (χ2v) is 7.95. The van der Waals surface area contributed by atoms with Gasteiger partial charge in [-0.15, -0.1) is 0 Å². The molecule has 2 aliphatic carbocycles. The standard InChI is InChI=1S/C15H12BrCl2NO3/c16-12-6-4-7-11(15(21)22-13(7)12)10(6)14(20)19-5-1-2-8(17)9(18)3-5/h1-3,6-7,10-13H,4H2,(H,19,20)/t6-,7-,10-,11+,12-,13+/m1/s1. The van der Waals surface area contributed by atoms with E-state index in [2.05, 4.69) is 21.2 Å². The van der Waals surface area contributed by atoms with Gasteiger partial charge in [0, 0.05) is 11.6 Å². The van der Waals surface area contributed by atoms with Gasteiger partial charge in [-0.25, -0.2) is 0 Å². The Kier molecular flexibility index (Phi) is 3.44. The van der Waals surface area contributed by atoms with Crippen LogP contribution in [-0.4, -0.2) is 22.8 Å². The minimum atomic E-state index is -0.352. The van der Waals surface area contributed by atoms with Crippen LogP contribution in [0.1, 0.15) is 6.42 Å². The van der Waals surface area contributed by atoms with E-state index >= 15 is 0 Å². The Morgan fingerprint density at radius 3 is 2.77 bits per heavy atom. The smallest absolute Gasteiger partial charge is 0.310 e. The molecular formula is C15H12BrCl2NO3. The van der Waals surface area contributed by atoms with Crippen LogP contribution in [-0.2, 0) is 14.3 Å². The number of hydrogen-bond donors (Lipinski definition) is 1. The Hall–Kier alpha value is -0.780. The van der Waals surface area contributed by atoms with Crippen LogP contribution < -0.4 is 5.32 Å². The molecule has 1 aliphatic heterocycles. The Balaban J connectivity index is 1.58. The summed E-state index contributed by atoms with van der Waals surface area (Å²) in [5.74, 6) is -0.770. The molecule has 0 spiro atoms. The lowest BCUT2D eigenvalue weighted by molar-refractivity contribution is -0.145. The first-order chi connectivity index (χ1) is 10.5. The maximum atomic E-state index is 12.7. The molecule has 1 heterocycles. The lowest BCUT2D eigenvalue weighted by Gasteiger charge is -2.27. The van der Waals surface area contributed by atoms with Crippen molar-refractivity contribution in [3.63, 3.8) is 0 Å². The van der Waals surface area contributed by atoms with E-state index in [1.807, 2.05) is 0 Å². The molecule has 7 heteroatoms. The highest BCUT2D eigenvalue weighted by molar-refractivity contribution is 9.09. The molecule has 3 aliphatic rings. The zero-order valence-corrected chi connectivity index (χ0v) is 14.4. The predicted molar refractivity (Wildman–Crippen MR) is 86.3 cm³/mol. The summed E-state index contributed by atoms with van der Waals surface area (Å²) in [5.41, 5.74) is 0.580. The molecule has 0 aromatic heterocycles. The Morgan fingerprint density at radius 1 is 1.27 bits per heavy atom. The summed E-state index contributed by atoms with van der Waals surface area (Å²) in [6.07, 6.45) is 0.785. The fourth-order valence-corrected chi connectivity index (χ4v) is 5.47. The van der Waals surface area contributed by atoms with Gasteiger partial charge in [-0.3, -0.25) is 9.59 Å². The average molecular weight is 405 g/mol. The van der Waals surface area contributed by atoms with Crippen LogP contribution in [0.5, 0.6) is 0 Å². The predicted octanol–water partition coefficient (Wildman–Crippen LogP) is 3.50. The Bertz CT molecular complexity index is 683. The molecule has 0 radical (unpaired) electrons. The van der Waals surface area contributed by atoms with Gasteiger partial charge in [-0.05, 0) is 30.5 Å². The minimum absolute atomic E-state index is 0.0600. The van der Waals surface area contributed by atoms with Crippen LogP contribution in [0, 0.1) is 23.7 Å². The van der Waals surface area contributed by atoms with Crippen molar-refractivity contribution in [3.05, 3.63) is 28.2 Å². The van der Waals surface area contributed by atoms with Crippen molar-refractivity contribution in [2.45, 2.75) is 17.4 Å². The van der Waals surface area contributed by atoms with Crippen molar-refractivity contribution >= 4 is 56.7 Å². The molecule has 2 saturated carbocycles. The average Bonchev–Trinajstić information content (AvgIpc) is 3.07. The molecule has 6 atom stereocenters. The first-order valence-corrected chi connectivity index (χ1v) is 8.75. The SMILES string of the molecule is O=C(Nc1ccc(Cl)c(Cl)c1)[C@@H]1[C@H]2C[C@H]3[C@H](OC(=O)[C@@H]31)[C@@H]2Br. The van der Waals surface area contributed by atoms with Crippen molar-refractivity contribution in [1.82, 2.24) is 0 Å². The fraction of sp³-hybridized carbons (Fsp3) is 0.467. The molecule has 4 rings (SSSR count). The van der Waals surface area contributed by atoms with Gasteiger partial charge in [0.05, 0.1) is 26.7 Å². The summed E-state index contributed by atoms with van der Waals surface area (Å²) < 4.78 is 5.41. The van der Waals surface area contributed by atoms with Crippen LogP contribution in [0.3, 0.4) is 0 Å². The van der Waals surface area contributed by atoms with E-state index in [9.17, 15) is 9.59 Å². The van der Waals surface area contributed by atoms with E-state index in [-0.39, 0.29) is 46.5 Å². The summed E-state index contributed by atoms with van der Waals surface area (Å²) in [6, 6.07) is 4.94. The molecule has 1 amide bonds. The van der Waals surface area contributed by atoms with Gasteiger partial charge < -0.3 is 10.1 Å². The third-order valence-corrected chi connectivity index (χ3v) is 6.95. The molecule has 0 unspecified atom stereocenters. The van der Waals surface area contributed by atoms with Gasteiger partial charge >= 0.3 is 5.97 Å². The molecule has 1 N–H and O–H groups in total. The van der Waals surface area contributed by atoms with Gasteiger partial charge in [-0.2, -0.15) is 0 Å². The number of nitrogens with one attached hydrogen (secondary N) is 1. The van der Waals surface area contributed by atoms with E-state index in [0.717, 1.165) is 6.42 Å². The molecule has 116 valence electrons. The quantitative estimate of drug-likeness (QED) is 0.606. The largest absolute Gasteiger partial charge is 0.461 e. The summed E-state index contributed by atoms with van der Waals surface area (Å²) in [5, 5.41) is 3.66. The van der Waals surface area contributed by atoms with E-state index in [1.54, 1.807) is 18.2 Å². The fourth-order valence-electron chi connectivity index (χ4n) is 4.13. The number of ether oxygens (including phenoxy) is 1. The van der Waals surface area contributed by atoms with Gasteiger partial charge in [0.1, 0.15) is 6.10 Å². The summed E-state index contributed by atoms with van der Waals surface area (Å²) in [7, 11) is 0. The lowest BCUT2D eigenvalue weighted by Crippen LogP contribution is -2.40. The number of benzene rings is 1. The number of esters is 1. The molecule has 22 heavy (non-hydrogen) atoms. The van der Waals surface area contributed by atoms with E-state index in [1.165, 1.54) is 0 Å². The Morgan fingerprint density at radius 2 is 2.05 bits per heavy atom. The van der Waals surface area contributed by atoms with E-state index in [4.69, 9.17) is 27.9 Å². The van der Waals surface area contributed by atoms with Crippen molar-refractivity contribution in [2.75, 3.05) is 5.32 Å². The van der Waals surface area contributed by atoms with Gasteiger partial charge in [0.2, 0.25) is 5.91 Å². The van der Waals surface area contributed by atoms with Crippen molar-refractivity contribution < 1.29 is 14.3 Å². The maximum absolute atomic E-state index is 12.7. The number of amides is 1. The molecule has 1 saturated heterocycles. The third-order valence-electron chi connectivity index (χ3n) is 5.01. The number of anilines is 1. The first-order valence-electron chi connectivity index (χ1n) is 7.08. The summed E-state index contributed by atoms with van der Waals surface area (Å²) >= 11 is 15.4. The van der Waals surface area contributed by atoms with Crippen molar-refractivity contribution in [2.24, 2.45) is 23.7 Å². The zero-order valence-electron chi connectivity index (χ0n) is 11.3. The molecule has 4 nitrogen and oxygen atoms in total. The molecular weight excluding hydrogens is 393 g/mol. The van der Waals surface area contributed by atoms with Crippen LogP contribution in [0.2, 0.25) is 10.0 Å². The number of fused-ring (bicyclic) bond motifs is 1. The summed E-state index contributed by atoms with van der Waals surface area (Å²) in [6.45, 7) is 0. The second kappa shape index (κ2) is 5.11. The highest BCUT2D eigenvalue weighted by Crippen LogP contribution is 2.60. The van der Waals surface area contributed by atoms with Gasteiger partial charge in [-0.1, -0.05) is 39.1 Å². The van der Waals surface area contributed by atoms with Gasteiger partial charge in [0.25, 0.3) is 0 Å². The number of halogens is 3. The topological polar surface area (TPSA) is 55.4 Å². The highest BCUT2D eigenvalue weighted by atomic mass is 79.9. The van der Waals surface area contributed by atoms with Crippen LogP contribution >= 0.6 is 39.1 Å². The van der Waals surface area contributed by atoms with Crippen LogP contribution in [0.25, 0.3) is 0 Å². The van der Waals surface area contributed by atoms with Crippen molar-refractivity contribution in [3.8, 4) is 0 Å². The molecule has 3 fully saturated rings.